The van der Waals surface area contributed by atoms with Crippen LogP contribution < -0.4 is 21.5 Å². The quantitative estimate of drug-likeness (QED) is 0.516. The second kappa shape index (κ2) is 9.27. The molecule has 1 aromatic rings. The maximum Gasteiger partial charge on any atom is 0.251 e. The zero-order valence-electron chi connectivity index (χ0n) is 13.6. The summed E-state index contributed by atoms with van der Waals surface area (Å²) in [6.07, 6.45) is 3.48. The molecule has 1 aliphatic carbocycles. The maximum atomic E-state index is 12.3. The highest BCUT2D eigenvalue weighted by Crippen LogP contribution is 2.19. The Balaban J connectivity index is 0.00000312. The van der Waals surface area contributed by atoms with Crippen LogP contribution in [0.1, 0.15) is 36.0 Å². The lowest BCUT2D eigenvalue weighted by Crippen LogP contribution is -2.54. The standard InChI is InChI=1S/C15H22N4O4S.BrH/c16-9-14(20)18-12-3-1-2-4-13(12)19-15(21)10-5-7-11(8-6-10)24(17,22)23;/h5-8,12-13H,1-4,9,16H2,(H,18,20)(H,19,21)(H2,17,22,23);1H/t12-,13+;/m0./s1. The molecule has 0 heterocycles. The van der Waals surface area contributed by atoms with Crippen LogP contribution in [0.15, 0.2) is 29.2 Å². The lowest BCUT2D eigenvalue weighted by atomic mass is 9.90. The van der Waals surface area contributed by atoms with Crippen molar-refractivity contribution in [1.82, 2.24) is 10.6 Å². The van der Waals surface area contributed by atoms with Crippen molar-refractivity contribution in [2.45, 2.75) is 42.7 Å². The fourth-order valence-corrected chi connectivity index (χ4v) is 3.31. The number of halogens is 1. The van der Waals surface area contributed by atoms with E-state index in [-0.39, 0.29) is 52.3 Å². The van der Waals surface area contributed by atoms with Gasteiger partial charge in [0.05, 0.1) is 11.4 Å². The molecule has 1 aromatic carbocycles. The molecule has 0 unspecified atom stereocenters. The molecule has 0 radical (unpaired) electrons. The second-order valence-electron chi connectivity index (χ2n) is 5.81. The van der Waals surface area contributed by atoms with Gasteiger partial charge in [-0.2, -0.15) is 0 Å². The van der Waals surface area contributed by atoms with Crippen LogP contribution in [0, 0.1) is 0 Å². The van der Waals surface area contributed by atoms with Crippen LogP contribution >= 0.6 is 17.0 Å². The average molecular weight is 435 g/mol. The fraction of sp³-hybridized carbons (Fsp3) is 0.467. The Morgan fingerprint density at radius 3 is 2.04 bits per heavy atom. The van der Waals surface area contributed by atoms with Gasteiger partial charge in [0.1, 0.15) is 0 Å². The van der Waals surface area contributed by atoms with Gasteiger partial charge in [0.25, 0.3) is 5.91 Å². The lowest BCUT2D eigenvalue weighted by Gasteiger charge is -2.32. The van der Waals surface area contributed by atoms with E-state index in [0.717, 1.165) is 25.7 Å². The Hall–Kier alpha value is -1.49. The van der Waals surface area contributed by atoms with Gasteiger partial charge in [-0.25, -0.2) is 13.6 Å². The molecule has 2 rings (SSSR count). The number of carbonyl (C=O) groups excluding carboxylic acids is 2. The third kappa shape index (κ3) is 6.07. The number of carbonyl (C=O) groups is 2. The molecule has 1 aliphatic rings. The number of hydrogen-bond acceptors (Lipinski definition) is 5. The minimum absolute atomic E-state index is 0. The van der Waals surface area contributed by atoms with Gasteiger partial charge in [0, 0.05) is 17.6 Å². The summed E-state index contributed by atoms with van der Waals surface area (Å²) in [6, 6.07) is 5.07. The first-order chi connectivity index (χ1) is 11.3. The van der Waals surface area contributed by atoms with Crippen LogP contribution in [0.25, 0.3) is 0 Å². The van der Waals surface area contributed by atoms with Crippen molar-refractivity contribution in [2.24, 2.45) is 10.9 Å². The topological polar surface area (TPSA) is 144 Å². The SMILES string of the molecule is Br.NCC(=O)N[C@H]1CCCC[C@H]1NC(=O)c1ccc(S(N)(=O)=O)cc1. The van der Waals surface area contributed by atoms with Crippen LogP contribution in [0.4, 0.5) is 0 Å². The van der Waals surface area contributed by atoms with Gasteiger partial charge in [0.2, 0.25) is 15.9 Å². The summed E-state index contributed by atoms with van der Waals surface area (Å²) in [5.41, 5.74) is 5.65. The van der Waals surface area contributed by atoms with Gasteiger partial charge >= 0.3 is 0 Å². The van der Waals surface area contributed by atoms with Crippen LogP contribution in [0.5, 0.6) is 0 Å². The summed E-state index contributed by atoms with van der Waals surface area (Å²) in [6.45, 7) is -0.0911. The molecular weight excluding hydrogens is 412 g/mol. The first kappa shape index (κ1) is 21.6. The fourth-order valence-electron chi connectivity index (χ4n) is 2.79. The molecule has 1 fully saturated rings. The third-order valence-corrected chi connectivity index (χ3v) is 4.99. The van der Waals surface area contributed by atoms with Gasteiger partial charge in [-0.1, -0.05) is 12.8 Å². The van der Waals surface area contributed by atoms with Crippen LogP contribution in [0.2, 0.25) is 0 Å². The summed E-state index contributed by atoms with van der Waals surface area (Å²) in [4.78, 5) is 23.8. The summed E-state index contributed by atoms with van der Waals surface area (Å²) in [5.74, 6) is -0.575. The molecule has 0 aromatic heterocycles. The van der Waals surface area contributed by atoms with E-state index >= 15 is 0 Å². The highest BCUT2D eigenvalue weighted by atomic mass is 79.9. The Kier molecular flexibility index (Phi) is 8.00. The Morgan fingerprint density at radius 1 is 1.04 bits per heavy atom. The van der Waals surface area contributed by atoms with Crippen LogP contribution in [0.3, 0.4) is 0 Å². The van der Waals surface area contributed by atoms with Crippen LogP contribution in [-0.2, 0) is 14.8 Å². The molecule has 6 N–H and O–H groups in total. The highest BCUT2D eigenvalue weighted by molar-refractivity contribution is 8.93. The van der Waals surface area contributed by atoms with E-state index < -0.39 is 10.0 Å². The van der Waals surface area contributed by atoms with Gasteiger partial charge in [-0.15, -0.1) is 17.0 Å². The number of primary sulfonamides is 1. The average Bonchev–Trinajstić information content (AvgIpc) is 2.55. The van der Waals surface area contributed by atoms with E-state index in [2.05, 4.69) is 10.6 Å². The van der Waals surface area contributed by atoms with Gasteiger partial charge in [0.15, 0.2) is 0 Å². The van der Waals surface area contributed by atoms with Crippen molar-refractivity contribution in [1.29, 1.82) is 0 Å². The molecule has 0 saturated heterocycles. The largest absolute Gasteiger partial charge is 0.350 e. The summed E-state index contributed by atoms with van der Waals surface area (Å²) >= 11 is 0. The Bertz CT molecular complexity index is 709. The number of sulfonamides is 1. The van der Waals surface area contributed by atoms with Crippen molar-refractivity contribution >= 4 is 38.8 Å². The first-order valence-electron chi connectivity index (χ1n) is 7.74. The van der Waals surface area contributed by atoms with Crippen molar-refractivity contribution in [3.8, 4) is 0 Å². The molecule has 0 spiro atoms. The Labute approximate surface area is 157 Å². The molecule has 10 heteroatoms. The molecule has 2 atom stereocenters. The molecule has 0 bridgehead atoms. The molecule has 2 amide bonds. The number of amides is 2. The molecule has 8 nitrogen and oxygen atoms in total. The minimum atomic E-state index is -3.79. The number of rotatable bonds is 5. The highest BCUT2D eigenvalue weighted by Gasteiger charge is 2.27. The molecule has 25 heavy (non-hydrogen) atoms. The zero-order chi connectivity index (χ0) is 17.7. The third-order valence-electron chi connectivity index (χ3n) is 4.06. The van der Waals surface area contributed by atoms with Gasteiger partial charge < -0.3 is 16.4 Å². The van der Waals surface area contributed by atoms with Crippen molar-refractivity contribution in [3.63, 3.8) is 0 Å². The van der Waals surface area contributed by atoms with E-state index in [0.29, 0.717) is 5.56 Å². The van der Waals surface area contributed by atoms with E-state index in [4.69, 9.17) is 10.9 Å². The number of nitrogens with two attached hydrogens (primary N) is 2. The minimum Gasteiger partial charge on any atom is -0.350 e. The Morgan fingerprint density at radius 2 is 1.56 bits per heavy atom. The first-order valence-corrected chi connectivity index (χ1v) is 9.29. The summed E-state index contributed by atoms with van der Waals surface area (Å²) in [7, 11) is -3.79. The van der Waals surface area contributed by atoms with Crippen molar-refractivity contribution in [2.75, 3.05) is 6.54 Å². The zero-order valence-corrected chi connectivity index (χ0v) is 16.1. The monoisotopic (exact) mass is 434 g/mol. The van der Waals surface area contributed by atoms with E-state index in [9.17, 15) is 18.0 Å². The maximum absolute atomic E-state index is 12.3. The molecule has 0 aliphatic heterocycles. The van der Waals surface area contributed by atoms with E-state index in [1.165, 1.54) is 24.3 Å². The van der Waals surface area contributed by atoms with Crippen LogP contribution in [-0.4, -0.2) is 38.9 Å². The molecule has 1 saturated carbocycles. The predicted octanol–water partition coefficient (Wildman–Crippen LogP) is 0.0278. The number of benzene rings is 1. The van der Waals surface area contributed by atoms with Gasteiger partial charge in [-0.05, 0) is 37.1 Å². The van der Waals surface area contributed by atoms with E-state index in [1.54, 1.807) is 0 Å². The predicted molar refractivity (Wildman–Crippen MR) is 98.8 cm³/mol. The molecular formula is C15H23BrN4O4S. The van der Waals surface area contributed by atoms with Gasteiger partial charge in [-0.3, -0.25) is 9.59 Å². The lowest BCUT2D eigenvalue weighted by molar-refractivity contribution is -0.120. The van der Waals surface area contributed by atoms with Crippen molar-refractivity contribution in [3.05, 3.63) is 29.8 Å². The summed E-state index contributed by atoms with van der Waals surface area (Å²) < 4.78 is 22.5. The van der Waals surface area contributed by atoms with E-state index in [1.807, 2.05) is 0 Å². The number of hydrogen-bond donors (Lipinski definition) is 4. The molecule has 140 valence electrons. The normalized spacial score (nSPS) is 20.2. The second-order valence-corrected chi connectivity index (χ2v) is 7.37. The summed E-state index contributed by atoms with van der Waals surface area (Å²) in [5, 5.41) is 10.8. The smallest absolute Gasteiger partial charge is 0.251 e. The van der Waals surface area contributed by atoms with Crippen molar-refractivity contribution < 1.29 is 18.0 Å². The number of nitrogens with one attached hydrogen (secondary N) is 2.